The summed E-state index contributed by atoms with van der Waals surface area (Å²) in [6.07, 6.45) is -4.67. The van der Waals surface area contributed by atoms with Crippen LogP contribution in [0.1, 0.15) is 16.1 Å². The number of rotatable bonds is 2. The average molecular weight is 334 g/mol. The van der Waals surface area contributed by atoms with Gasteiger partial charge in [0.2, 0.25) is 0 Å². The van der Waals surface area contributed by atoms with Crippen LogP contribution in [-0.2, 0) is 6.18 Å². The Labute approximate surface area is 135 Å². The number of methoxy groups -OCH3 is 1. The molecule has 0 saturated heterocycles. The van der Waals surface area contributed by atoms with Gasteiger partial charge in [-0.1, -0.05) is 0 Å². The zero-order chi connectivity index (χ0) is 17.5. The third-order valence-corrected chi connectivity index (χ3v) is 3.66. The largest absolute Gasteiger partial charge is 0.497 e. The molecule has 2 aromatic carbocycles. The van der Waals surface area contributed by atoms with Crippen LogP contribution in [0.15, 0.2) is 48.5 Å². The molecule has 4 nitrogen and oxygen atoms in total. The lowest BCUT2D eigenvalue weighted by Gasteiger charge is -2.12. The van der Waals surface area contributed by atoms with Crippen molar-refractivity contribution in [3.63, 3.8) is 0 Å². The normalized spacial score (nSPS) is 11.7. The van der Waals surface area contributed by atoms with Gasteiger partial charge in [0.05, 0.1) is 12.6 Å². The first-order valence-corrected chi connectivity index (χ1v) is 6.98. The van der Waals surface area contributed by atoms with Gasteiger partial charge >= 0.3 is 6.18 Å². The maximum atomic E-state index is 13.4. The van der Waals surface area contributed by atoms with E-state index in [4.69, 9.17) is 10.5 Å². The molecule has 3 aromatic rings. The maximum absolute atomic E-state index is 13.4. The molecule has 0 unspecified atom stereocenters. The van der Waals surface area contributed by atoms with E-state index >= 15 is 0 Å². The Balaban J connectivity index is 2.20. The number of alkyl halides is 3. The Kier molecular flexibility index (Phi) is 3.71. The van der Waals surface area contributed by atoms with E-state index in [1.54, 1.807) is 0 Å². The van der Waals surface area contributed by atoms with Gasteiger partial charge in [0, 0.05) is 16.6 Å². The Morgan fingerprint density at radius 2 is 1.75 bits per heavy atom. The number of carbonyl (C=O) groups is 1. The summed E-state index contributed by atoms with van der Waals surface area (Å²) in [6, 6.07) is 11.1. The highest BCUT2D eigenvalue weighted by Gasteiger charge is 2.37. The number of hydrogen-bond donors (Lipinski definition) is 1. The lowest BCUT2D eigenvalue weighted by atomic mass is 10.2. The minimum absolute atomic E-state index is 0.121. The number of fused-ring (bicyclic) bond motifs is 1. The number of ether oxygens (including phenoxy) is 1. The third-order valence-electron chi connectivity index (χ3n) is 3.66. The van der Waals surface area contributed by atoms with Crippen molar-refractivity contribution in [3.8, 4) is 5.75 Å². The van der Waals surface area contributed by atoms with E-state index in [9.17, 15) is 18.0 Å². The molecule has 124 valence electrons. The summed E-state index contributed by atoms with van der Waals surface area (Å²) in [7, 11) is 1.46. The summed E-state index contributed by atoms with van der Waals surface area (Å²) in [6.45, 7) is 0. The van der Waals surface area contributed by atoms with Crippen LogP contribution in [-0.4, -0.2) is 17.6 Å². The number of nitrogens with zero attached hydrogens (tertiary/aromatic N) is 1. The van der Waals surface area contributed by atoms with E-state index in [2.05, 4.69) is 0 Å². The molecule has 0 bridgehead atoms. The summed E-state index contributed by atoms with van der Waals surface area (Å²) in [5.74, 6) is -0.266. The molecule has 7 heteroatoms. The van der Waals surface area contributed by atoms with Crippen molar-refractivity contribution in [2.75, 3.05) is 12.8 Å². The second-order valence-electron chi connectivity index (χ2n) is 5.21. The van der Waals surface area contributed by atoms with E-state index in [0.717, 1.165) is 6.07 Å². The van der Waals surface area contributed by atoms with Gasteiger partial charge in [0.1, 0.15) is 11.4 Å². The Hall–Kier alpha value is -2.96. The maximum Gasteiger partial charge on any atom is 0.431 e. The van der Waals surface area contributed by atoms with Crippen molar-refractivity contribution in [1.29, 1.82) is 0 Å². The second kappa shape index (κ2) is 5.59. The molecule has 0 aliphatic heterocycles. The molecule has 24 heavy (non-hydrogen) atoms. The van der Waals surface area contributed by atoms with Crippen LogP contribution in [0.5, 0.6) is 5.75 Å². The minimum Gasteiger partial charge on any atom is -0.497 e. The number of nitrogen functional groups attached to an aromatic ring is 1. The van der Waals surface area contributed by atoms with Crippen molar-refractivity contribution in [2.45, 2.75) is 6.18 Å². The van der Waals surface area contributed by atoms with Gasteiger partial charge in [-0.3, -0.25) is 9.36 Å². The van der Waals surface area contributed by atoms with E-state index in [-0.39, 0.29) is 16.5 Å². The summed E-state index contributed by atoms with van der Waals surface area (Å²) in [5, 5.41) is 0.254. The zero-order valence-corrected chi connectivity index (χ0v) is 12.6. The number of benzene rings is 2. The van der Waals surface area contributed by atoms with Crippen LogP contribution < -0.4 is 10.5 Å². The van der Waals surface area contributed by atoms with Crippen LogP contribution >= 0.6 is 0 Å². The van der Waals surface area contributed by atoms with E-state index < -0.39 is 17.8 Å². The van der Waals surface area contributed by atoms with Gasteiger partial charge in [0.25, 0.3) is 5.91 Å². The van der Waals surface area contributed by atoms with Crippen LogP contribution in [0, 0.1) is 0 Å². The smallest absolute Gasteiger partial charge is 0.431 e. The number of aromatic nitrogens is 1. The number of carbonyl (C=O) groups excluding carboxylic acids is 1. The van der Waals surface area contributed by atoms with Gasteiger partial charge in [0.15, 0.2) is 0 Å². The molecule has 3 rings (SSSR count). The molecular weight excluding hydrogens is 321 g/mol. The monoisotopic (exact) mass is 334 g/mol. The summed E-state index contributed by atoms with van der Waals surface area (Å²) < 4.78 is 45.7. The third kappa shape index (κ3) is 2.68. The van der Waals surface area contributed by atoms with Gasteiger partial charge in [-0.15, -0.1) is 0 Å². The predicted octanol–water partition coefficient (Wildman–Crippen LogP) is 3.94. The first kappa shape index (κ1) is 15.9. The molecule has 2 N–H and O–H groups in total. The molecular formula is C17H13F3N2O2. The van der Waals surface area contributed by atoms with Gasteiger partial charge < -0.3 is 10.5 Å². The molecule has 0 aliphatic rings. The fourth-order valence-corrected chi connectivity index (χ4v) is 2.52. The minimum atomic E-state index is -4.67. The molecule has 0 amide bonds. The second-order valence-corrected chi connectivity index (χ2v) is 5.21. The highest BCUT2D eigenvalue weighted by atomic mass is 19.4. The molecule has 0 aliphatic carbocycles. The highest BCUT2D eigenvalue weighted by Crippen LogP contribution is 2.35. The lowest BCUT2D eigenvalue weighted by Crippen LogP contribution is -2.20. The molecule has 0 spiro atoms. The molecule has 0 atom stereocenters. The van der Waals surface area contributed by atoms with E-state index in [1.165, 1.54) is 49.6 Å². The fourth-order valence-electron chi connectivity index (χ4n) is 2.52. The predicted molar refractivity (Wildman–Crippen MR) is 84.1 cm³/mol. The zero-order valence-electron chi connectivity index (χ0n) is 12.6. The molecule has 0 radical (unpaired) electrons. The SMILES string of the molecule is COc1ccc(C(=O)n2c(C(F)(F)F)cc3cc(N)ccc32)cc1. The topological polar surface area (TPSA) is 57.2 Å². The van der Waals surface area contributed by atoms with Crippen molar-refractivity contribution in [3.05, 3.63) is 59.8 Å². The van der Waals surface area contributed by atoms with E-state index in [1.807, 2.05) is 0 Å². The van der Waals surface area contributed by atoms with Gasteiger partial charge in [-0.2, -0.15) is 13.2 Å². The number of nitrogens with two attached hydrogens (primary N) is 1. The van der Waals surface area contributed by atoms with E-state index in [0.29, 0.717) is 16.0 Å². The van der Waals surface area contributed by atoms with Crippen molar-refractivity contribution in [2.24, 2.45) is 0 Å². The lowest BCUT2D eigenvalue weighted by molar-refractivity contribution is -0.142. The van der Waals surface area contributed by atoms with Crippen molar-refractivity contribution < 1.29 is 22.7 Å². The number of anilines is 1. The Morgan fingerprint density at radius 3 is 2.33 bits per heavy atom. The number of halogens is 3. The summed E-state index contributed by atoms with van der Waals surface area (Å²) in [5.41, 5.74) is 5.18. The molecule has 0 fully saturated rings. The summed E-state index contributed by atoms with van der Waals surface area (Å²) in [4.78, 5) is 12.7. The first-order chi connectivity index (χ1) is 11.3. The Morgan fingerprint density at radius 1 is 1.08 bits per heavy atom. The molecule has 1 aromatic heterocycles. The molecule has 1 heterocycles. The standard InChI is InChI=1S/C17H13F3N2O2/c1-24-13-5-2-10(3-6-13)16(23)22-14-7-4-12(21)8-11(14)9-15(22)17(18,19)20/h2-9H,21H2,1H3. The number of hydrogen-bond acceptors (Lipinski definition) is 3. The van der Waals surface area contributed by atoms with Crippen molar-refractivity contribution in [1.82, 2.24) is 4.57 Å². The van der Waals surface area contributed by atoms with Crippen LogP contribution in [0.3, 0.4) is 0 Å². The fraction of sp³-hybridized carbons (Fsp3) is 0.118. The quantitative estimate of drug-likeness (QED) is 0.722. The molecule has 0 saturated carbocycles. The first-order valence-electron chi connectivity index (χ1n) is 6.98. The van der Waals surface area contributed by atoms with Crippen molar-refractivity contribution >= 4 is 22.5 Å². The summed E-state index contributed by atoms with van der Waals surface area (Å²) >= 11 is 0. The van der Waals surface area contributed by atoms with Crippen LogP contribution in [0.4, 0.5) is 18.9 Å². The van der Waals surface area contributed by atoms with Gasteiger partial charge in [-0.25, -0.2) is 0 Å². The average Bonchev–Trinajstić information content (AvgIpc) is 2.93. The van der Waals surface area contributed by atoms with Crippen LogP contribution in [0.2, 0.25) is 0 Å². The van der Waals surface area contributed by atoms with Gasteiger partial charge in [-0.05, 0) is 48.5 Å². The Bertz CT molecular complexity index is 912. The highest BCUT2D eigenvalue weighted by molar-refractivity contribution is 6.03. The van der Waals surface area contributed by atoms with Crippen LogP contribution in [0.25, 0.3) is 10.9 Å².